The van der Waals surface area contributed by atoms with E-state index in [0.29, 0.717) is 17.0 Å². The van der Waals surface area contributed by atoms with Crippen LogP contribution in [-0.2, 0) is 4.79 Å². The maximum atomic E-state index is 12.6. The number of nitrogens with zero attached hydrogens (tertiary/aromatic N) is 2. The highest BCUT2D eigenvalue weighted by molar-refractivity contribution is 8.00. The van der Waals surface area contributed by atoms with E-state index < -0.39 is 5.41 Å². The number of carbonyl (C=O) groups excluding carboxylic acids is 2. The number of thiophene rings is 1. The van der Waals surface area contributed by atoms with Crippen LogP contribution in [0, 0.1) is 19.3 Å². The zero-order chi connectivity index (χ0) is 20.5. The Morgan fingerprint density at radius 3 is 2.43 bits per heavy atom. The molecule has 1 aromatic carbocycles. The molecule has 0 radical (unpaired) electrons. The van der Waals surface area contributed by atoms with Crippen molar-refractivity contribution < 1.29 is 9.59 Å². The number of hydrogen-bond acceptors (Lipinski definition) is 6. The Kier molecular flexibility index (Phi) is 5.86. The van der Waals surface area contributed by atoms with Gasteiger partial charge in [-0.1, -0.05) is 32.5 Å². The lowest BCUT2D eigenvalue weighted by molar-refractivity contribution is -0.123. The van der Waals surface area contributed by atoms with Gasteiger partial charge in [-0.2, -0.15) is 0 Å². The molecule has 1 N–H and O–H groups in total. The molecule has 0 unspecified atom stereocenters. The summed E-state index contributed by atoms with van der Waals surface area (Å²) in [5.74, 6) is 0.264. The summed E-state index contributed by atoms with van der Waals surface area (Å²) in [6.07, 6.45) is 1.55. The van der Waals surface area contributed by atoms with Gasteiger partial charge >= 0.3 is 0 Å². The fraction of sp³-hybridized carbons (Fsp3) is 0.333. The fourth-order valence-corrected chi connectivity index (χ4v) is 4.55. The molecule has 0 aliphatic heterocycles. The molecule has 0 atom stereocenters. The molecule has 3 aromatic rings. The van der Waals surface area contributed by atoms with Crippen molar-refractivity contribution >= 4 is 50.7 Å². The zero-order valence-electron chi connectivity index (χ0n) is 16.6. The lowest BCUT2D eigenvalue weighted by Crippen LogP contribution is -2.27. The molecule has 1 amide bonds. The number of ketones is 1. The van der Waals surface area contributed by atoms with Gasteiger partial charge in [0.25, 0.3) is 0 Å². The van der Waals surface area contributed by atoms with Crippen LogP contribution in [0.5, 0.6) is 0 Å². The highest BCUT2D eigenvalue weighted by Gasteiger charge is 2.21. The van der Waals surface area contributed by atoms with Gasteiger partial charge in [-0.3, -0.25) is 9.59 Å². The quantitative estimate of drug-likeness (QED) is 0.350. The first-order valence-electron chi connectivity index (χ1n) is 8.95. The summed E-state index contributed by atoms with van der Waals surface area (Å²) in [5, 5.41) is 4.75. The minimum absolute atomic E-state index is 0.0232. The van der Waals surface area contributed by atoms with Crippen LogP contribution in [0.25, 0.3) is 10.2 Å². The third-order valence-corrected chi connectivity index (χ3v) is 6.52. The van der Waals surface area contributed by atoms with Gasteiger partial charge in [-0.15, -0.1) is 11.3 Å². The first-order valence-corrected chi connectivity index (χ1v) is 10.7. The van der Waals surface area contributed by atoms with E-state index in [0.717, 1.165) is 15.2 Å². The molecule has 3 rings (SSSR count). The Morgan fingerprint density at radius 1 is 1.11 bits per heavy atom. The molecule has 2 heterocycles. The van der Waals surface area contributed by atoms with Crippen molar-refractivity contribution in [1.29, 1.82) is 0 Å². The molecular weight excluding hydrogens is 390 g/mol. The third-order valence-electron chi connectivity index (χ3n) is 4.42. The Morgan fingerprint density at radius 2 is 1.79 bits per heavy atom. The SMILES string of the molecule is Cc1sc2ncnc(SCC(=O)c3ccc(NC(=O)C(C)(C)C)cc3)c2c1C. The fourth-order valence-electron chi connectivity index (χ4n) is 2.53. The number of carbonyl (C=O) groups is 2. The van der Waals surface area contributed by atoms with Crippen LogP contribution >= 0.6 is 23.1 Å². The molecular formula is C21H23N3O2S2. The molecule has 28 heavy (non-hydrogen) atoms. The molecule has 146 valence electrons. The van der Waals surface area contributed by atoms with Crippen LogP contribution in [0.2, 0.25) is 0 Å². The number of nitrogens with one attached hydrogen (secondary N) is 1. The van der Waals surface area contributed by atoms with Crippen LogP contribution in [-0.4, -0.2) is 27.4 Å². The van der Waals surface area contributed by atoms with Crippen molar-refractivity contribution in [1.82, 2.24) is 9.97 Å². The minimum Gasteiger partial charge on any atom is -0.326 e. The van der Waals surface area contributed by atoms with Gasteiger partial charge in [0.15, 0.2) is 5.78 Å². The monoisotopic (exact) mass is 413 g/mol. The highest BCUT2D eigenvalue weighted by atomic mass is 32.2. The number of aromatic nitrogens is 2. The Balaban J connectivity index is 1.68. The van der Waals surface area contributed by atoms with Crippen molar-refractivity contribution in [3.63, 3.8) is 0 Å². The van der Waals surface area contributed by atoms with Gasteiger partial charge in [0, 0.05) is 26.9 Å². The normalized spacial score (nSPS) is 11.6. The van der Waals surface area contributed by atoms with Gasteiger partial charge < -0.3 is 5.32 Å². The second-order valence-electron chi connectivity index (χ2n) is 7.64. The third kappa shape index (κ3) is 4.42. The molecule has 5 nitrogen and oxygen atoms in total. The van der Waals surface area contributed by atoms with Crippen molar-refractivity contribution in [2.45, 2.75) is 39.6 Å². The van der Waals surface area contributed by atoms with E-state index in [1.807, 2.05) is 20.8 Å². The molecule has 0 saturated heterocycles. The molecule has 0 fully saturated rings. The van der Waals surface area contributed by atoms with Gasteiger partial charge in [0.1, 0.15) is 16.2 Å². The lowest BCUT2D eigenvalue weighted by Gasteiger charge is -2.17. The molecule has 0 aliphatic rings. The molecule has 2 aromatic heterocycles. The van der Waals surface area contributed by atoms with Crippen LogP contribution in [0.3, 0.4) is 0 Å². The van der Waals surface area contributed by atoms with Gasteiger partial charge in [-0.05, 0) is 43.7 Å². The topological polar surface area (TPSA) is 72.0 Å². The van der Waals surface area contributed by atoms with E-state index in [2.05, 4.69) is 29.1 Å². The summed E-state index contributed by atoms with van der Waals surface area (Å²) in [4.78, 5) is 35.5. The first-order chi connectivity index (χ1) is 13.2. The summed E-state index contributed by atoms with van der Waals surface area (Å²) < 4.78 is 0. The van der Waals surface area contributed by atoms with Crippen LogP contribution in [0.1, 0.15) is 41.6 Å². The number of fused-ring (bicyclic) bond motifs is 1. The zero-order valence-corrected chi connectivity index (χ0v) is 18.3. The number of amides is 1. The number of benzene rings is 1. The van der Waals surface area contributed by atoms with Crippen molar-refractivity contribution in [2.75, 3.05) is 11.1 Å². The van der Waals surface area contributed by atoms with Crippen LogP contribution in [0.15, 0.2) is 35.6 Å². The number of aryl methyl sites for hydroxylation is 2. The van der Waals surface area contributed by atoms with Crippen LogP contribution < -0.4 is 5.32 Å². The second kappa shape index (κ2) is 8.01. The lowest BCUT2D eigenvalue weighted by atomic mass is 9.95. The molecule has 0 saturated carbocycles. The van der Waals surface area contributed by atoms with Gasteiger partial charge in [0.05, 0.1) is 5.75 Å². The van der Waals surface area contributed by atoms with E-state index in [4.69, 9.17) is 0 Å². The van der Waals surface area contributed by atoms with Crippen molar-refractivity contribution in [3.05, 3.63) is 46.6 Å². The average molecular weight is 414 g/mol. The number of hydrogen-bond donors (Lipinski definition) is 1. The van der Waals surface area contributed by atoms with Crippen LogP contribution in [0.4, 0.5) is 5.69 Å². The summed E-state index contributed by atoms with van der Waals surface area (Å²) in [6, 6.07) is 7.01. The number of thioether (sulfide) groups is 1. The predicted molar refractivity (Wildman–Crippen MR) is 116 cm³/mol. The standard InChI is InChI=1S/C21H23N3O2S2/c1-12-13(2)28-19-17(12)18(22-11-23-19)27-10-16(25)14-6-8-15(9-7-14)24-20(26)21(3,4)5/h6-9,11H,10H2,1-5H3,(H,24,26). The van der Waals surface area contributed by atoms with Crippen molar-refractivity contribution in [2.24, 2.45) is 5.41 Å². The largest absolute Gasteiger partial charge is 0.326 e. The molecule has 7 heteroatoms. The maximum absolute atomic E-state index is 12.6. The van der Waals surface area contributed by atoms with E-state index >= 15 is 0 Å². The number of rotatable bonds is 5. The smallest absolute Gasteiger partial charge is 0.229 e. The summed E-state index contributed by atoms with van der Waals surface area (Å²) in [5.41, 5.74) is 2.01. The van der Waals surface area contributed by atoms with Gasteiger partial charge in [0.2, 0.25) is 5.91 Å². The Bertz CT molecular complexity index is 1030. The van der Waals surface area contributed by atoms with E-state index in [1.165, 1.54) is 22.2 Å². The maximum Gasteiger partial charge on any atom is 0.229 e. The molecule has 0 spiro atoms. The van der Waals surface area contributed by atoms with Crippen molar-refractivity contribution in [3.8, 4) is 0 Å². The summed E-state index contributed by atoms with van der Waals surface area (Å²) in [6.45, 7) is 9.71. The first kappa shape index (κ1) is 20.5. The number of Topliss-reactive ketones (excluding diaryl/α,β-unsaturated/α-hetero) is 1. The predicted octanol–water partition coefficient (Wildman–Crippen LogP) is 5.27. The Hall–Kier alpha value is -2.25. The molecule has 0 aliphatic carbocycles. The molecule has 0 bridgehead atoms. The number of anilines is 1. The van der Waals surface area contributed by atoms with E-state index in [1.54, 1.807) is 41.9 Å². The van der Waals surface area contributed by atoms with E-state index in [-0.39, 0.29) is 11.7 Å². The highest BCUT2D eigenvalue weighted by Crippen LogP contribution is 2.34. The average Bonchev–Trinajstić information content (AvgIpc) is 2.94. The summed E-state index contributed by atoms with van der Waals surface area (Å²) >= 11 is 3.08. The summed E-state index contributed by atoms with van der Waals surface area (Å²) in [7, 11) is 0. The Labute approximate surface area is 173 Å². The van der Waals surface area contributed by atoms with E-state index in [9.17, 15) is 9.59 Å². The second-order valence-corrected chi connectivity index (χ2v) is 9.80. The minimum atomic E-state index is -0.466. The van der Waals surface area contributed by atoms with Gasteiger partial charge in [-0.25, -0.2) is 9.97 Å².